The number of hydrogen-bond acceptors (Lipinski definition) is 3. The predicted octanol–water partition coefficient (Wildman–Crippen LogP) is 0.782. The molecule has 0 saturated carbocycles. The quantitative estimate of drug-likeness (QED) is 0.689. The van der Waals surface area contributed by atoms with E-state index in [4.69, 9.17) is 10.8 Å². The molecule has 0 unspecified atom stereocenters. The smallest absolute Gasteiger partial charge is 0.323 e. The maximum atomic E-state index is 10.8. The first-order chi connectivity index (χ1) is 7.49. The maximum absolute atomic E-state index is 10.8. The van der Waals surface area contributed by atoms with Gasteiger partial charge in [0.05, 0.1) is 5.60 Å². The van der Waals surface area contributed by atoms with Gasteiger partial charge in [-0.05, 0) is 12.0 Å². The third-order valence-electron chi connectivity index (χ3n) is 2.81. The molecule has 1 aromatic rings. The summed E-state index contributed by atoms with van der Waals surface area (Å²) >= 11 is 0. The van der Waals surface area contributed by atoms with Gasteiger partial charge in [-0.1, -0.05) is 37.3 Å². The lowest BCUT2D eigenvalue weighted by Crippen LogP contribution is -2.53. The van der Waals surface area contributed by atoms with E-state index >= 15 is 0 Å². The van der Waals surface area contributed by atoms with E-state index in [-0.39, 0.29) is 6.42 Å². The summed E-state index contributed by atoms with van der Waals surface area (Å²) in [6.45, 7) is 1.73. The molecule has 0 radical (unpaired) electrons. The Balaban J connectivity index is 2.86. The number of benzene rings is 1. The molecule has 88 valence electrons. The summed E-state index contributed by atoms with van der Waals surface area (Å²) in [7, 11) is 0. The number of aliphatic hydroxyl groups is 1. The Kier molecular flexibility index (Phi) is 4.04. The molecule has 0 saturated heterocycles. The normalized spacial score (nSPS) is 16.4. The second kappa shape index (κ2) is 5.09. The van der Waals surface area contributed by atoms with Gasteiger partial charge in [0.25, 0.3) is 0 Å². The average molecular weight is 223 g/mol. The van der Waals surface area contributed by atoms with E-state index in [1.807, 2.05) is 30.3 Å². The Morgan fingerprint density at radius 1 is 1.44 bits per heavy atom. The van der Waals surface area contributed by atoms with E-state index in [0.29, 0.717) is 6.42 Å². The fraction of sp³-hybridized carbons (Fsp3) is 0.417. The minimum absolute atomic E-state index is 0.248. The zero-order valence-corrected chi connectivity index (χ0v) is 9.26. The van der Waals surface area contributed by atoms with Crippen LogP contribution in [0.5, 0.6) is 0 Å². The number of carbonyl (C=O) groups is 1. The highest BCUT2D eigenvalue weighted by molar-refractivity contribution is 5.74. The topological polar surface area (TPSA) is 83.5 Å². The third kappa shape index (κ3) is 2.81. The largest absolute Gasteiger partial charge is 0.480 e. The standard InChI is InChI=1S/C12H17NO3/c1-2-12(16,10(13)11(14)15)8-9-6-4-3-5-7-9/h3-7,10,16H,2,8,13H2,1H3,(H,14,15)/t10-,12+/m1/s1. The van der Waals surface area contributed by atoms with Gasteiger partial charge in [0, 0.05) is 6.42 Å². The van der Waals surface area contributed by atoms with E-state index in [1.54, 1.807) is 6.92 Å². The molecule has 0 spiro atoms. The SMILES string of the molecule is CC[C@](O)(Cc1ccccc1)[C@H](N)C(=O)O. The average Bonchev–Trinajstić information content (AvgIpc) is 2.29. The molecule has 0 aliphatic rings. The highest BCUT2D eigenvalue weighted by Crippen LogP contribution is 2.20. The highest BCUT2D eigenvalue weighted by atomic mass is 16.4. The van der Waals surface area contributed by atoms with Gasteiger partial charge in [-0.25, -0.2) is 0 Å². The van der Waals surface area contributed by atoms with Gasteiger partial charge in [0.1, 0.15) is 6.04 Å². The molecule has 4 heteroatoms. The Hall–Kier alpha value is -1.39. The molecule has 4 N–H and O–H groups in total. The summed E-state index contributed by atoms with van der Waals surface area (Å²) < 4.78 is 0. The number of carboxylic acid groups (broad SMARTS) is 1. The van der Waals surface area contributed by atoms with Crippen LogP contribution in [0.1, 0.15) is 18.9 Å². The first-order valence-corrected chi connectivity index (χ1v) is 5.24. The van der Waals surface area contributed by atoms with Crippen molar-refractivity contribution in [3.05, 3.63) is 35.9 Å². The van der Waals surface area contributed by atoms with Gasteiger partial charge in [-0.2, -0.15) is 0 Å². The molecule has 0 amide bonds. The van der Waals surface area contributed by atoms with E-state index in [2.05, 4.69) is 0 Å². The molecule has 0 aliphatic carbocycles. The molecule has 4 nitrogen and oxygen atoms in total. The van der Waals surface area contributed by atoms with Gasteiger partial charge >= 0.3 is 5.97 Å². The number of hydrogen-bond donors (Lipinski definition) is 3. The van der Waals surface area contributed by atoms with Gasteiger partial charge in [-0.3, -0.25) is 4.79 Å². The van der Waals surface area contributed by atoms with Crippen molar-refractivity contribution in [1.82, 2.24) is 0 Å². The number of nitrogens with two attached hydrogens (primary N) is 1. The number of rotatable bonds is 5. The van der Waals surface area contributed by atoms with Crippen LogP contribution in [0.15, 0.2) is 30.3 Å². The molecule has 0 aromatic heterocycles. The van der Waals surface area contributed by atoms with Crippen LogP contribution in [0, 0.1) is 0 Å². The molecule has 0 bridgehead atoms. The van der Waals surface area contributed by atoms with Crippen molar-refractivity contribution >= 4 is 5.97 Å². The van der Waals surface area contributed by atoms with Crippen LogP contribution in [-0.2, 0) is 11.2 Å². The first kappa shape index (κ1) is 12.7. The minimum Gasteiger partial charge on any atom is -0.480 e. The molecular weight excluding hydrogens is 206 g/mol. The van der Waals surface area contributed by atoms with Crippen molar-refractivity contribution in [1.29, 1.82) is 0 Å². The van der Waals surface area contributed by atoms with Crippen molar-refractivity contribution in [2.24, 2.45) is 5.73 Å². The molecule has 0 heterocycles. The molecular formula is C12H17NO3. The van der Waals surface area contributed by atoms with Crippen molar-refractivity contribution < 1.29 is 15.0 Å². The molecule has 1 rings (SSSR count). The summed E-state index contributed by atoms with van der Waals surface area (Å²) in [6, 6.07) is 7.98. The summed E-state index contributed by atoms with van der Waals surface area (Å²) in [5.41, 5.74) is 4.99. The van der Waals surface area contributed by atoms with Crippen molar-refractivity contribution in [2.45, 2.75) is 31.4 Å². The highest BCUT2D eigenvalue weighted by Gasteiger charge is 2.37. The summed E-state index contributed by atoms with van der Waals surface area (Å²) in [6.07, 6.45) is 0.549. The maximum Gasteiger partial charge on any atom is 0.323 e. The van der Waals surface area contributed by atoms with Gasteiger partial charge in [-0.15, -0.1) is 0 Å². The van der Waals surface area contributed by atoms with Crippen LogP contribution < -0.4 is 5.73 Å². The lowest BCUT2D eigenvalue weighted by Gasteiger charge is -2.30. The van der Waals surface area contributed by atoms with Gasteiger partial charge < -0.3 is 15.9 Å². The zero-order valence-electron chi connectivity index (χ0n) is 9.26. The second-order valence-electron chi connectivity index (χ2n) is 3.94. The Morgan fingerprint density at radius 3 is 2.44 bits per heavy atom. The number of aliphatic carboxylic acids is 1. The van der Waals surface area contributed by atoms with Crippen LogP contribution >= 0.6 is 0 Å². The molecule has 2 atom stereocenters. The lowest BCUT2D eigenvalue weighted by atomic mass is 9.85. The van der Waals surface area contributed by atoms with Gasteiger partial charge in [0.15, 0.2) is 0 Å². The van der Waals surface area contributed by atoms with E-state index < -0.39 is 17.6 Å². The van der Waals surface area contributed by atoms with E-state index in [0.717, 1.165) is 5.56 Å². The second-order valence-corrected chi connectivity index (χ2v) is 3.94. The summed E-state index contributed by atoms with van der Waals surface area (Å²) in [4.78, 5) is 10.8. The number of carboxylic acids is 1. The van der Waals surface area contributed by atoms with Crippen LogP contribution in [-0.4, -0.2) is 27.8 Å². The molecule has 0 fully saturated rings. The fourth-order valence-electron chi connectivity index (χ4n) is 1.63. The van der Waals surface area contributed by atoms with Crippen molar-refractivity contribution in [2.75, 3.05) is 0 Å². The third-order valence-corrected chi connectivity index (χ3v) is 2.81. The fourth-order valence-corrected chi connectivity index (χ4v) is 1.63. The van der Waals surface area contributed by atoms with E-state index in [1.165, 1.54) is 0 Å². The van der Waals surface area contributed by atoms with Crippen LogP contribution in [0.25, 0.3) is 0 Å². The van der Waals surface area contributed by atoms with Crippen LogP contribution in [0.2, 0.25) is 0 Å². The first-order valence-electron chi connectivity index (χ1n) is 5.24. The molecule has 0 aliphatic heterocycles. The summed E-state index contributed by atoms with van der Waals surface area (Å²) in [5, 5.41) is 19.0. The Labute approximate surface area is 94.7 Å². The van der Waals surface area contributed by atoms with Crippen LogP contribution in [0.3, 0.4) is 0 Å². The molecule has 16 heavy (non-hydrogen) atoms. The lowest BCUT2D eigenvalue weighted by molar-refractivity contribution is -0.145. The Morgan fingerprint density at radius 2 is 2.00 bits per heavy atom. The van der Waals surface area contributed by atoms with Crippen molar-refractivity contribution in [3.63, 3.8) is 0 Å². The van der Waals surface area contributed by atoms with E-state index in [9.17, 15) is 9.90 Å². The minimum atomic E-state index is -1.40. The monoisotopic (exact) mass is 223 g/mol. The van der Waals surface area contributed by atoms with Crippen LogP contribution in [0.4, 0.5) is 0 Å². The molecule has 1 aromatic carbocycles. The summed E-state index contributed by atoms with van der Waals surface area (Å²) in [5.74, 6) is -1.18. The predicted molar refractivity (Wildman–Crippen MR) is 61.0 cm³/mol. The zero-order chi connectivity index (χ0) is 12.2. The van der Waals surface area contributed by atoms with Gasteiger partial charge in [0.2, 0.25) is 0 Å². The Bertz CT molecular complexity index is 353. The van der Waals surface area contributed by atoms with Crippen molar-refractivity contribution in [3.8, 4) is 0 Å².